The molecule has 9 heteroatoms. The second-order valence-corrected chi connectivity index (χ2v) is 5.20. The summed E-state index contributed by atoms with van der Waals surface area (Å²) in [6, 6.07) is 3.14. The maximum atomic E-state index is 12.3. The fraction of sp³-hybridized carbons (Fsp3) is 0.500. The second-order valence-electron chi connectivity index (χ2n) is 5.20. The van der Waals surface area contributed by atoms with Crippen LogP contribution in [0, 0.1) is 5.92 Å². The van der Waals surface area contributed by atoms with Crippen LogP contribution in [0.1, 0.15) is 23.2 Å². The summed E-state index contributed by atoms with van der Waals surface area (Å²) in [6.45, 7) is -0.915. The van der Waals surface area contributed by atoms with Gasteiger partial charge >= 0.3 is 6.18 Å². The molecule has 6 nitrogen and oxygen atoms in total. The lowest BCUT2D eigenvalue weighted by molar-refractivity contribution is -0.193. The number of pyridine rings is 1. The van der Waals surface area contributed by atoms with Gasteiger partial charge in [0.2, 0.25) is 5.91 Å². The predicted octanol–water partition coefficient (Wildman–Crippen LogP) is 1.54. The van der Waals surface area contributed by atoms with Crippen molar-refractivity contribution in [3.63, 3.8) is 0 Å². The van der Waals surface area contributed by atoms with Gasteiger partial charge in [0.05, 0.1) is 5.92 Å². The number of halogens is 3. The summed E-state index contributed by atoms with van der Waals surface area (Å²) in [7, 11) is 0. The summed E-state index contributed by atoms with van der Waals surface area (Å²) < 4.78 is 35.9. The lowest BCUT2D eigenvalue weighted by atomic mass is 9.97. The molecule has 0 aromatic carbocycles. The molecule has 0 spiro atoms. The zero-order chi connectivity index (χ0) is 16.9. The Labute approximate surface area is 130 Å². The summed E-state index contributed by atoms with van der Waals surface area (Å²) in [6.07, 6.45) is -0.447. The van der Waals surface area contributed by atoms with Crippen molar-refractivity contribution in [2.24, 2.45) is 5.92 Å². The van der Waals surface area contributed by atoms with Crippen LogP contribution in [0.3, 0.4) is 0 Å². The maximum Gasteiger partial charge on any atom is 0.414 e. The fourth-order valence-electron chi connectivity index (χ4n) is 2.33. The van der Waals surface area contributed by atoms with Gasteiger partial charge in [-0.25, -0.2) is 5.48 Å². The minimum atomic E-state index is -4.51. The van der Waals surface area contributed by atoms with Crippen LogP contribution in [0.25, 0.3) is 0 Å². The molecule has 2 heterocycles. The van der Waals surface area contributed by atoms with E-state index in [1.807, 2.05) is 0 Å². The number of hydrogen-bond acceptors (Lipinski definition) is 4. The average molecular weight is 331 g/mol. The molecule has 0 saturated carbocycles. The van der Waals surface area contributed by atoms with Crippen LogP contribution in [-0.4, -0.2) is 47.6 Å². The number of nitrogens with zero attached hydrogens (tertiary/aromatic N) is 2. The van der Waals surface area contributed by atoms with Gasteiger partial charge in [0, 0.05) is 31.0 Å². The van der Waals surface area contributed by atoms with E-state index in [1.54, 1.807) is 17.6 Å². The third-order valence-electron chi connectivity index (χ3n) is 3.42. The van der Waals surface area contributed by atoms with Gasteiger partial charge in [0.25, 0.3) is 5.91 Å². The highest BCUT2D eigenvalue weighted by Crippen LogP contribution is 2.19. The minimum Gasteiger partial charge on any atom is -0.338 e. The smallest absolute Gasteiger partial charge is 0.338 e. The minimum absolute atomic E-state index is 0.141. The van der Waals surface area contributed by atoms with Crippen molar-refractivity contribution < 1.29 is 27.6 Å². The highest BCUT2D eigenvalue weighted by atomic mass is 19.4. The standard InChI is InChI=1S/C14H16F3N3O3/c15-14(16,17)9-23-19-12(21)11-2-1-7-20(8-11)13(22)10-3-5-18-6-4-10/h3-6,11H,1-2,7-9H2,(H,19,21). The number of piperidine rings is 1. The lowest BCUT2D eigenvalue weighted by Gasteiger charge is -2.32. The SMILES string of the molecule is O=C(NOCC(F)(F)F)C1CCCN(C(=O)c2ccncc2)C1. The molecule has 2 amide bonds. The molecular weight excluding hydrogens is 315 g/mol. The zero-order valence-electron chi connectivity index (χ0n) is 12.2. The summed E-state index contributed by atoms with van der Waals surface area (Å²) in [4.78, 5) is 33.6. The van der Waals surface area contributed by atoms with E-state index >= 15 is 0 Å². The highest BCUT2D eigenvalue weighted by molar-refractivity contribution is 5.94. The number of carbonyl (C=O) groups excluding carboxylic acids is 2. The van der Waals surface area contributed by atoms with E-state index in [0.29, 0.717) is 24.9 Å². The van der Waals surface area contributed by atoms with Crippen LogP contribution >= 0.6 is 0 Å². The molecule has 1 unspecified atom stereocenters. The molecule has 126 valence electrons. The third-order valence-corrected chi connectivity index (χ3v) is 3.42. The number of amides is 2. The number of carbonyl (C=O) groups is 2. The van der Waals surface area contributed by atoms with Crippen molar-refractivity contribution in [1.29, 1.82) is 0 Å². The van der Waals surface area contributed by atoms with E-state index < -0.39 is 24.6 Å². The van der Waals surface area contributed by atoms with Gasteiger partial charge in [-0.1, -0.05) is 0 Å². The van der Waals surface area contributed by atoms with Gasteiger partial charge in [-0.15, -0.1) is 0 Å². The molecule has 1 saturated heterocycles. The predicted molar refractivity (Wildman–Crippen MR) is 73.0 cm³/mol. The van der Waals surface area contributed by atoms with E-state index in [-0.39, 0.29) is 12.5 Å². The van der Waals surface area contributed by atoms with Crippen LogP contribution in [0.2, 0.25) is 0 Å². The molecule has 1 aliphatic rings. The van der Waals surface area contributed by atoms with E-state index in [4.69, 9.17) is 0 Å². The Morgan fingerprint density at radius 2 is 2.04 bits per heavy atom. The van der Waals surface area contributed by atoms with E-state index in [2.05, 4.69) is 9.82 Å². The fourth-order valence-corrected chi connectivity index (χ4v) is 2.33. The normalized spacial score (nSPS) is 18.6. The lowest BCUT2D eigenvalue weighted by Crippen LogP contribution is -2.45. The molecule has 1 atom stereocenters. The van der Waals surface area contributed by atoms with E-state index in [0.717, 1.165) is 0 Å². The molecule has 1 fully saturated rings. The third kappa shape index (κ3) is 5.20. The topological polar surface area (TPSA) is 71.5 Å². The van der Waals surface area contributed by atoms with Crippen molar-refractivity contribution in [1.82, 2.24) is 15.4 Å². The number of rotatable bonds is 4. The molecule has 0 radical (unpaired) electrons. The first-order valence-electron chi connectivity index (χ1n) is 7.04. The van der Waals surface area contributed by atoms with Crippen molar-refractivity contribution in [2.75, 3.05) is 19.7 Å². The van der Waals surface area contributed by atoms with Gasteiger partial charge in [-0.3, -0.25) is 19.4 Å². The number of likely N-dealkylation sites (tertiary alicyclic amines) is 1. The summed E-state index contributed by atoms with van der Waals surface area (Å²) in [5.41, 5.74) is 2.25. The van der Waals surface area contributed by atoms with Crippen molar-refractivity contribution >= 4 is 11.8 Å². The number of aromatic nitrogens is 1. The van der Waals surface area contributed by atoms with Crippen LogP contribution < -0.4 is 5.48 Å². The Bertz CT molecular complexity index is 551. The molecule has 0 bridgehead atoms. The van der Waals surface area contributed by atoms with Crippen molar-refractivity contribution in [2.45, 2.75) is 19.0 Å². The quantitative estimate of drug-likeness (QED) is 0.850. The number of nitrogens with one attached hydrogen (secondary N) is 1. The molecule has 1 aromatic heterocycles. The molecular formula is C14H16F3N3O3. The van der Waals surface area contributed by atoms with E-state index in [9.17, 15) is 22.8 Å². The molecule has 1 aromatic rings. The first-order valence-corrected chi connectivity index (χ1v) is 7.04. The molecule has 1 N–H and O–H groups in total. The Hall–Kier alpha value is -2.16. The Morgan fingerprint density at radius 3 is 2.70 bits per heavy atom. The average Bonchev–Trinajstić information content (AvgIpc) is 2.54. The van der Waals surface area contributed by atoms with Gasteiger partial charge < -0.3 is 4.90 Å². The Morgan fingerprint density at radius 1 is 1.35 bits per heavy atom. The molecule has 2 rings (SSSR count). The summed E-state index contributed by atoms with van der Waals surface area (Å²) in [5, 5.41) is 0. The van der Waals surface area contributed by atoms with Crippen LogP contribution in [0.5, 0.6) is 0 Å². The monoisotopic (exact) mass is 331 g/mol. The van der Waals surface area contributed by atoms with Crippen LogP contribution in [0.15, 0.2) is 24.5 Å². The molecule has 0 aliphatic carbocycles. The van der Waals surface area contributed by atoms with Crippen molar-refractivity contribution in [3.05, 3.63) is 30.1 Å². The summed E-state index contributed by atoms with van der Waals surface area (Å²) in [5.74, 6) is -1.48. The molecule has 23 heavy (non-hydrogen) atoms. The highest BCUT2D eigenvalue weighted by Gasteiger charge is 2.31. The number of hydrogen-bond donors (Lipinski definition) is 1. The number of hydroxylamine groups is 1. The van der Waals surface area contributed by atoms with Gasteiger partial charge in [-0.05, 0) is 25.0 Å². The van der Waals surface area contributed by atoms with Crippen LogP contribution in [0.4, 0.5) is 13.2 Å². The Kier molecular flexibility index (Phi) is 5.54. The van der Waals surface area contributed by atoms with E-state index in [1.165, 1.54) is 17.3 Å². The first-order chi connectivity index (χ1) is 10.9. The maximum absolute atomic E-state index is 12.3. The zero-order valence-corrected chi connectivity index (χ0v) is 12.2. The Balaban J connectivity index is 1.88. The van der Waals surface area contributed by atoms with Crippen LogP contribution in [-0.2, 0) is 9.63 Å². The van der Waals surface area contributed by atoms with Gasteiger partial charge in [0.15, 0.2) is 6.61 Å². The second kappa shape index (κ2) is 7.40. The van der Waals surface area contributed by atoms with Gasteiger partial charge in [-0.2, -0.15) is 13.2 Å². The largest absolute Gasteiger partial charge is 0.414 e. The number of alkyl halides is 3. The van der Waals surface area contributed by atoms with Crippen molar-refractivity contribution in [3.8, 4) is 0 Å². The molecule has 1 aliphatic heterocycles. The first kappa shape index (κ1) is 17.2. The summed E-state index contributed by atoms with van der Waals surface area (Å²) >= 11 is 0. The van der Waals surface area contributed by atoms with Gasteiger partial charge in [0.1, 0.15) is 0 Å².